The molecule has 150 valence electrons. The first-order valence-corrected chi connectivity index (χ1v) is 10.9. The number of thiol groups is 1. The van der Waals surface area contributed by atoms with Crippen LogP contribution in [0.15, 0.2) is 59.2 Å². The molecule has 0 atom stereocenters. The summed E-state index contributed by atoms with van der Waals surface area (Å²) in [7, 11) is 0. The van der Waals surface area contributed by atoms with Gasteiger partial charge in [0.25, 0.3) is 0 Å². The zero-order valence-corrected chi connectivity index (χ0v) is 18.8. The number of urea groups is 1. The van der Waals surface area contributed by atoms with Gasteiger partial charge in [0.15, 0.2) is 0 Å². The molecule has 1 aliphatic rings. The summed E-state index contributed by atoms with van der Waals surface area (Å²) in [4.78, 5) is 19.3. The smallest absolute Gasteiger partial charge is 0.332 e. The van der Waals surface area contributed by atoms with Crippen LogP contribution in [0.2, 0.25) is 5.02 Å². The predicted octanol–water partition coefficient (Wildman–Crippen LogP) is 5.68. The number of nitrogens with zero attached hydrogens (tertiary/aromatic N) is 3. The zero-order chi connectivity index (χ0) is 20.4. The Kier molecular flexibility index (Phi) is 6.18. The molecular weight excluding hydrogens is 472 g/mol. The number of benzene rings is 2. The van der Waals surface area contributed by atoms with E-state index in [0.29, 0.717) is 5.02 Å². The SMILES string of the molecule is O=C(NC1CCN(c2ccnc3c(Cl)cccc23)CC1)N(S)c1cccc(Br)c1. The molecule has 4 rings (SSSR count). The summed E-state index contributed by atoms with van der Waals surface area (Å²) in [5.74, 6) is 0. The van der Waals surface area contributed by atoms with Gasteiger partial charge in [0.05, 0.1) is 16.2 Å². The van der Waals surface area contributed by atoms with Gasteiger partial charge in [-0.25, -0.2) is 9.10 Å². The predicted molar refractivity (Wildman–Crippen MR) is 126 cm³/mol. The van der Waals surface area contributed by atoms with E-state index in [2.05, 4.69) is 43.9 Å². The Morgan fingerprint density at radius 3 is 2.72 bits per heavy atom. The molecule has 0 bridgehead atoms. The monoisotopic (exact) mass is 490 g/mol. The van der Waals surface area contributed by atoms with Gasteiger partial charge in [-0.1, -0.05) is 58.5 Å². The quantitative estimate of drug-likeness (QED) is 0.463. The lowest BCUT2D eigenvalue weighted by Gasteiger charge is -2.35. The number of para-hydroxylation sites is 1. The van der Waals surface area contributed by atoms with Crippen LogP contribution in [-0.4, -0.2) is 30.1 Å². The summed E-state index contributed by atoms with van der Waals surface area (Å²) >= 11 is 14.1. The maximum Gasteiger partial charge on any atom is 0.332 e. The largest absolute Gasteiger partial charge is 0.371 e. The number of aromatic nitrogens is 1. The molecule has 2 amide bonds. The molecule has 5 nitrogen and oxygen atoms in total. The number of carbonyl (C=O) groups excluding carboxylic acids is 1. The first kappa shape index (κ1) is 20.3. The number of carbonyl (C=O) groups is 1. The number of nitrogens with one attached hydrogen (secondary N) is 1. The van der Waals surface area contributed by atoms with Crippen LogP contribution in [0.3, 0.4) is 0 Å². The Morgan fingerprint density at radius 2 is 1.97 bits per heavy atom. The molecule has 29 heavy (non-hydrogen) atoms. The second kappa shape index (κ2) is 8.81. The molecule has 3 aromatic rings. The van der Waals surface area contributed by atoms with Crippen LogP contribution in [0.1, 0.15) is 12.8 Å². The van der Waals surface area contributed by atoms with Crippen molar-refractivity contribution in [1.82, 2.24) is 10.3 Å². The highest BCUT2D eigenvalue weighted by Crippen LogP contribution is 2.31. The fourth-order valence-corrected chi connectivity index (χ4v) is 4.42. The molecule has 8 heteroatoms. The molecule has 1 aromatic heterocycles. The average molecular weight is 492 g/mol. The molecule has 0 radical (unpaired) electrons. The summed E-state index contributed by atoms with van der Waals surface area (Å²) < 4.78 is 2.25. The highest BCUT2D eigenvalue weighted by Gasteiger charge is 2.24. The standard InChI is InChI=1S/C21H20BrClN4OS/c22-14-3-1-4-16(13-14)27(29)21(28)25-15-8-11-26(12-9-15)19-7-10-24-20-17(19)5-2-6-18(20)23/h1-7,10,13,15,29H,8-9,11-12H2,(H,25,28). The van der Waals surface area contributed by atoms with E-state index in [4.69, 9.17) is 11.6 Å². The van der Waals surface area contributed by atoms with Gasteiger partial charge in [-0.15, -0.1) is 0 Å². The van der Waals surface area contributed by atoms with E-state index in [1.807, 2.05) is 48.5 Å². The number of pyridine rings is 1. The molecule has 0 aliphatic carbocycles. The Hall–Kier alpha value is -1.96. The molecule has 0 unspecified atom stereocenters. The van der Waals surface area contributed by atoms with Crippen molar-refractivity contribution in [1.29, 1.82) is 0 Å². The highest BCUT2D eigenvalue weighted by atomic mass is 79.9. The van der Waals surface area contributed by atoms with Crippen molar-refractivity contribution in [2.45, 2.75) is 18.9 Å². The highest BCUT2D eigenvalue weighted by molar-refractivity contribution is 9.10. The maximum absolute atomic E-state index is 12.6. The van der Waals surface area contributed by atoms with Gasteiger partial charge in [-0.2, -0.15) is 0 Å². The van der Waals surface area contributed by atoms with Crippen molar-refractivity contribution in [2.75, 3.05) is 22.3 Å². The number of amides is 2. The topological polar surface area (TPSA) is 48.5 Å². The Morgan fingerprint density at radius 1 is 1.21 bits per heavy atom. The van der Waals surface area contributed by atoms with E-state index in [9.17, 15) is 4.79 Å². The summed E-state index contributed by atoms with van der Waals surface area (Å²) in [5, 5.41) is 4.80. The molecule has 0 saturated carbocycles. The van der Waals surface area contributed by atoms with Crippen LogP contribution in [0.5, 0.6) is 0 Å². The Balaban J connectivity index is 1.40. The van der Waals surface area contributed by atoms with Gasteiger partial charge < -0.3 is 10.2 Å². The fourth-order valence-electron chi connectivity index (χ4n) is 3.63. The van der Waals surface area contributed by atoms with Crippen LogP contribution in [0.4, 0.5) is 16.2 Å². The third kappa shape index (κ3) is 4.47. The fraction of sp³-hybridized carbons (Fsp3) is 0.238. The molecule has 1 aliphatic heterocycles. The second-order valence-corrected chi connectivity index (χ2v) is 8.69. The lowest BCUT2D eigenvalue weighted by atomic mass is 10.0. The van der Waals surface area contributed by atoms with Gasteiger partial charge >= 0.3 is 6.03 Å². The molecule has 1 N–H and O–H groups in total. The Bertz CT molecular complexity index is 1040. The van der Waals surface area contributed by atoms with Gasteiger partial charge in [0.1, 0.15) is 0 Å². The Labute approximate surface area is 188 Å². The van der Waals surface area contributed by atoms with Crippen molar-refractivity contribution >= 4 is 68.7 Å². The van der Waals surface area contributed by atoms with Crippen molar-refractivity contribution < 1.29 is 4.79 Å². The molecule has 2 heterocycles. The van der Waals surface area contributed by atoms with E-state index in [0.717, 1.165) is 52.7 Å². The zero-order valence-electron chi connectivity index (χ0n) is 15.6. The van der Waals surface area contributed by atoms with E-state index < -0.39 is 0 Å². The number of fused-ring (bicyclic) bond motifs is 1. The van der Waals surface area contributed by atoms with Crippen molar-refractivity contribution in [3.05, 3.63) is 64.2 Å². The first-order chi connectivity index (χ1) is 14.0. The van der Waals surface area contributed by atoms with Crippen LogP contribution >= 0.6 is 40.3 Å². The van der Waals surface area contributed by atoms with Gasteiger partial charge in [0.2, 0.25) is 0 Å². The average Bonchev–Trinajstić information content (AvgIpc) is 2.74. The van der Waals surface area contributed by atoms with E-state index in [1.165, 1.54) is 4.31 Å². The van der Waals surface area contributed by atoms with Gasteiger partial charge in [-0.3, -0.25) is 4.98 Å². The lowest BCUT2D eigenvalue weighted by Crippen LogP contribution is -2.47. The number of anilines is 2. The van der Waals surface area contributed by atoms with Crippen molar-refractivity contribution in [3.63, 3.8) is 0 Å². The minimum atomic E-state index is -0.217. The van der Waals surface area contributed by atoms with Crippen LogP contribution in [0, 0.1) is 0 Å². The lowest BCUT2D eigenvalue weighted by molar-refractivity contribution is 0.243. The van der Waals surface area contributed by atoms with Crippen LogP contribution < -0.4 is 14.5 Å². The minimum Gasteiger partial charge on any atom is -0.371 e. The molecule has 1 fully saturated rings. The van der Waals surface area contributed by atoms with Crippen molar-refractivity contribution in [2.24, 2.45) is 0 Å². The number of piperidine rings is 1. The van der Waals surface area contributed by atoms with Crippen LogP contribution in [0.25, 0.3) is 10.9 Å². The molecule has 1 saturated heterocycles. The van der Waals surface area contributed by atoms with Gasteiger partial charge in [-0.05, 0) is 43.2 Å². The maximum atomic E-state index is 12.6. The van der Waals surface area contributed by atoms with Crippen molar-refractivity contribution in [3.8, 4) is 0 Å². The molecule has 0 spiro atoms. The number of halogens is 2. The van der Waals surface area contributed by atoms with Crippen LogP contribution in [-0.2, 0) is 0 Å². The number of rotatable bonds is 3. The third-order valence-electron chi connectivity index (χ3n) is 5.11. The second-order valence-electron chi connectivity index (χ2n) is 6.97. The normalized spacial score (nSPS) is 14.8. The van der Waals surface area contributed by atoms with E-state index >= 15 is 0 Å². The summed E-state index contributed by atoms with van der Waals surface area (Å²) in [5.41, 5.74) is 2.67. The summed E-state index contributed by atoms with van der Waals surface area (Å²) in [6, 6.07) is 15.3. The van der Waals surface area contributed by atoms with E-state index in [1.54, 1.807) is 6.20 Å². The molecular formula is C21H20BrClN4OS. The van der Waals surface area contributed by atoms with E-state index in [-0.39, 0.29) is 12.1 Å². The minimum absolute atomic E-state index is 0.109. The number of hydrogen-bond donors (Lipinski definition) is 2. The number of hydrogen-bond acceptors (Lipinski definition) is 4. The first-order valence-electron chi connectivity index (χ1n) is 9.36. The van der Waals surface area contributed by atoms with Gasteiger partial charge in [0, 0.05) is 40.9 Å². The summed E-state index contributed by atoms with van der Waals surface area (Å²) in [6.07, 6.45) is 3.51. The third-order valence-corrected chi connectivity index (χ3v) is 6.32. The summed E-state index contributed by atoms with van der Waals surface area (Å²) in [6.45, 7) is 1.69. The molecule has 2 aromatic carbocycles.